The van der Waals surface area contributed by atoms with Crippen molar-refractivity contribution >= 4 is 5.97 Å². The Bertz CT molecular complexity index is 382. The van der Waals surface area contributed by atoms with Crippen molar-refractivity contribution in [2.24, 2.45) is 5.92 Å². The number of halogens is 1. The van der Waals surface area contributed by atoms with Gasteiger partial charge in [-0.2, -0.15) is 0 Å². The molecule has 1 heterocycles. The molecule has 1 aliphatic heterocycles. The van der Waals surface area contributed by atoms with Gasteiger partial charge in [0.15, 0.2) is 0 Å². The van der Waals surface area contributed by atoms with Gasteiger partial charge in [0.2, 0.25) is 6.17 Å². The van der Waals surface area contributed by atoms with E-state index in [1.165, 1.54) is 5.56 Å². The molecular formula is C13H16FNO2. The molecule has 1 aromatic rings. The standard InChI is InChI=1S/C13H16FNO2/c14-12(13(16)17)11-6-7-15(9-11)8-10-4-2-1-3-5-10/h1-5,11-12H,6-9H2,(H,16,17). The van der Waals surface area contributed by atoms with Gasteiger partial charge in [-0.15, -0.1) is 0 Å². The number of carboxylic acid groups (broad SMARTS) is 1. The molecule has 1 aliphatic rings. The zero-order chi connectivity index (χ0) is 12.3. The number of aliphatic carboxylic acids is 1. The monoisotopic (exact) mass is 237 g/mol. The molecule has 4 heteroatoms. The topological polar surface area (TPSA) is 40.5 Å². The number of nitrogens with zero attached hydrogens (tertiary/aromatic N) is 1. The molecule has 1 N–H and O–H groups in total. The lowest BCUT2D eigenvalue weighted by Crippen LogP contribution is -2.28. The Hall–Kier alpha value is -1.42. The van der Waals surface area contributed by atoms with E-state index in [4.69, 9.17) is 5.11 Å². The summed E-state index contributed by atoms with van der Waals surface area (Å²) in [7, 11) is 0. The van der Waals surface area contributed by atoms with Crippen LogP contribution in [0.1, 0.15) is 12.0 Å². The van der Waals surface area contributed by atoms with Crippen LogP contribution in [0.2, 0.25) is 0 Å². The minimum Gasteiger partial charge on any atom is -0.479 e. The van der Waals surface area contributed by atoms with E-state index in [0.717, 1.165) is 13.1 Å². The van der Waals surface area contributed by atoms with E-state index in [9.17, 15) is 9.18 Å². The zero-order valence-corrected chi connectivity index (χ0v) is 9.55. The molecule has 2 atom stereocenters. The van der Waals surface area contributed by atoms with Gasteiger partial charge in [-0.1, -0.05) is 30.3 Å². The second kappa shape index (κ2) is 5.27. The van der Waals surface area contributed by atoms with Gasteiger partial charge in [0.25, 0.3) is 0 Å². The van der Waals surface area contributed by atoms with Crippen LogP contribution in [0.4, 0.5) is 4.39 Å². The number of carbonyl (C=O) groups is 1. The Morgan fingerprint density at radius 1 is 1.47 bits per heavy atom. The highest BCUT2D eigenvalue weighted by Gasteiger charge is 2.33. The number of rotatable bonds is 4. The van der Waals surface area contributed by atoms with Crippen molar-refractivity contribution in [3.8, 4) is 0 Å². The van der Waals surface area contributed by atoms with Crippen molar-refractivity contribution in [1.82, 2.24) is 4.90 Å². The lowest BCUT2D eigenvalue weighted by molar-refractivity contribution is -0.144. The average Bonchev–Trinajstić information content (AvgIpc) is 2.77. The molecule has 2 unspecified atom stereocenters. The normalized spacial score (nSPS) is 22.5. The highest BCUT2D eigenvalue weighted by Crippen LogP contribution is 2.23. The number of benzene rings is 1. The smallest absolute Gasteiger partial charge is 0.338 e. The van der Waals surface area contributed by atoms with Crippen LogP contribution in [-0.2, 0) is 11.3 Å². The number of hydrogen-bond donors (Lipinski definition) is 1. The fourth-order valence-corrected chi connectivity index (χ4v) is 2.29. The molecule has 1 aromatic carbocycles. The van der Waals surface area contributed by atoms with E-state index in [2.05, 4.69) is 4.90 Å². The first kappa shape index (κ1) is 12.0. The molecule has 17 heavy (non-hydrogen) atoms. The maximum atomic E-state index is 13.3. The molecule has 3 nitrogen and oxygen atoms in total. The van der Waals surface area contributed by atoms with Crippen LogP contribution in [0.25, 0.3) is 0 Å². The fourth-order valence-electron chi connectivity index (χ4n) is 2.29. The third-order valence-electron chi connectivity index (χ3n) is 3.21. The Morgan fingerprint density at radius 2 is 2.18 bits per heavy atom. The summed E-state index contributed by atoms with van der Waals surface area (Å²) in [5, 5.41) is 8.62. The second-order valence-corrected chi connectivity index (χ2v) is 4.51. The van der Waals surface area contributed by atoms with Crippen LogP contribution in [-0.4, -0.2) is 35.2 Å². The highest BCUT2D eigenvalue weighted by atomic mass is 19.1. The van der Waals surface area contributed by atoms with Gasteiger partial charge in [-0.05, 0) is 18.5 Å². The summed E-state index contributed by atoms with van der Waals surface area (Å²) in [6.45, 7) is 2.07. The zero-order valence-electron chi connectivity index (χ0n) is 9.55. The highest BCUT2D eigenvalue weighted by molar-refractivity contribution is 5.72. The van der Waals surface area contributed by atoms with E-state index in [1.807, 2.05) is 30.3 Å². The molecule has 1 saturated heterocycles. The fraction of sp³-hybridized carbons (Fsp3) is 0.462. The summed E-state index contributed by atoms with van der Waals surface area (Å²) in [5.41, 5.74) is 1.18. The van der Waals surface area contributed by atoms with Gasteiger partial charge < -0.3 is 5.11 Å². The Balaban J connectivity index is 1.88. The van der Waals surface area contributed by atoms with Gasteiger partial charge >= 0.3 is 5.97 Å². The van der Waals surface area contributed by atoms with Crippen molar-refractivity contribution in [1.29, 1.82) is 0 Å². The Morgan fingerprint density at radius 3 is 2.82 bits per heavy atom. The van der Waals surface area contributed by atoms with Crippen molar-refractivity contribution < 1.29 is 14.3 Å². The van der Waals surface area contributed by atoms with Crippen molar-refractivity contribution in [2.75, 3.05) is 13.1 Å². The predicted molar refractivity (Wildman–Crippen MR) is 62.4 cm³/mol. The minimum atomic E-state index is -1.73. The van der Waals surface area contributed by atoms with Gasteiger partial charge in [0, 0.05) is 19.0 Å². The van der Waals surface area contributed by atoms with E-state index < -0.39 is 12.1 Å². The number of alkyl halides is 1. The first-order valence-electron chi connectivity index (χ1n) is 5.80. The summed E-state index contributed by atoms with van der Waals surface area (Å²) < 4.78 is 13.3. The Labute approximate surface area is 99.9 Å². The van der Waals surface area contributed by atoms with E-state index in [0.29, 0.717) is 13.0 Å². The molecule has 0 amide bonds. The molecule has 2 rings (SSSR count). The summed E-state index contributed by atoms with van der Waals surface area (Å²) in [6.07, 6.45) is -1.10. The molecule has 0 spiro atoms. The van der Waals surface area contributed by atoms with Crippen LogP contribution in [0, 0.1) is 5.92 Å². The average molecular weight is 237 g/mol. The Kier molecular flexibility index (Phi) is 3.74. The largest absolute Gasteiger partial charge is 0.479 e. The van der Waals surface area contributed by atoms with Crippen LogP contribution >= 0.6 is 0 Å². The number of hydrogen-bond acceptors (Lipinski definition) is 2. The summed E-state index contributed by atoms with van der Waals surface area (Å²) >= 11 is 0. The minimum absolute atomic E-state index is 0.365. The molecule has 92 valence electrons. The molecular weight excluding hydrogens is 221 g/mol. The third-order valence-corrected chi connectivity index (χ3v) is 3.21. The molecule has 0 aliphatic carbocycles. The van der Waals surface area contributed by atoms with Crippen LogP contribution in [0.5, 0.6) is 0 Å². The number of carboxylic acids is 1. The van der Waals surface area contributed by atoms with Gasteiger partial charge in [0.05, 0.1) is 0 Å². The van der Waals surface area contributed by atoms with E-state index >= 15 is 0 Å². The first-order valence-corrected chi connectivity index (χ1v) is 5.80. The predicted octanol–water partition coefficient (Wildman–Crippen LogP) is 1.93. The lowest BCUT2D eigenvalue weighted by Gasteiger charge is -2.16. The van der Waals surface area contributed by atoms with E-state index in [-0.39, 0.29) is 5.92 Å². The molecule has 0 saturated carbocycles. The van der Waals surface area contributed by atoms with Crippen LogP contribution in [0.3, 0.4) is 0 Å². The van der Waals surface area contributed by atoms with E-state index in [1.54, 1.807) is 0 Å². The maximum Gasteiger partial charge on any atom is 0.338 e. The molecule has 0 bridgehead atoms. The molecule has 1 fully saturated rings. The second-order valence-electron chi connectivity index (χ2n) is 4.51. The van der Waals surface area contributed by atoms with Gasteiger partial charge in [0.1, 0.15) is 0 Å². The van der Waals surface area contributed by atoms with Crippen LogP contribution in [0.15, 0.2) is 30.3 Å². The molecule has 0 radical (unpaired) electrons. The lowest BCUT2D eigenvalue weighted by atomic mass is 10.0. The SMILES string of the molecule is O=C(O)C(F)C1CCN(Cc2ccccc2)C1. The van der Waals surface area contributed by atoms with Gasteiger partial charge in [-0.3, -0.25) is 4.90 Å². The molecule has 0 aromatic heterocycles. The maximum absolute atomic E-state index is 13.3. The summed E-state index contributed by atoms with van der Waals surface area (Å²) in [5.74, 6) is -1.70. The van der Waals surface area contributed by atoms with Crippen molar-refractivity contribution in [3.05, 3.63) is 35.9 Å². The van der Waals surface area contributed by atoms with Crippen LogP contribution < -0.4 is 0 Å². The first-order chi connectivity index (χ1) is 8.16. The number of likely N-dealkylation sites (tertiary alicyclic amines) is 1. The van der Waals surface area contributed by atoms with Gasteiger partial charge in [-0.25, -0.2) is 9.18 Å². The quantitative estimate of drug-likeness (QED) is 0.870. The van der Waals surface area contributed by atoms with Crippen molar-refractivity contribution in [2.45, 2.75) is 19.1 Å². The summed E-state index contributed by atoms with van der Waals surface area (Å²) in [6, 6.07) is 9.95. The summed E-state index contributed by atoms with van der Waals surface area (Å²) in [4.78, 5) is 12.7. The van der Waals surface area contributed by atoms with Crippen molar-refractivity contribution in [3.63, 3.8) is 0 Å². The third kappa shape index (κ3) is 3.03.